The smallest absolute Gasteiger partial charge is 0.140 e. The van der Waals surface area contributed by atoms with Crippen LogP contribution in [0, 0.1) is 0 Å². The molecule has 0 bridgehead atoms. The second kappa shape index (κ2) is 3.44. The number of aromatic nitrogens is 2. The lowest BCUT2D eigenvalue weighted by Gasteiger charge is -2.16. The second-order valence-corrected chi connectivity index (χ2v) is 5.04. The van der Waals surface area contributed by atoms with Gasteiger partial charge in [-0.15, -0.1) is 0 Å². The molecule has 1 aromatic heterocycles. The maximum absolute atomic E-state index is 6.00. The molecule has 1 aliphatic heterocycles. The predicted molar refractivity (Wildman–Crippen MR) is 65.5 cm³/mol. The molecule has 3 nitrogen and oxygen atoms in total. The first-order valence-electron chi connectivity index (χ1n) is 5.85. The van der Waals surface area contributed by atoms with Crippen molar-refractivity contribution < 1.29 is 4.74 Å². The molecule has 3 rings (SSSR count). The van der Waals surface area contributed by atoms with Gasteiger partial charge in [0, 0.05) is 12.4 Å². The number of benzene rings is 1. The van der Waals surface area contributed by atoms with Gasteiger partial charge in [-0.1, -0.05) is 30.3 Å². The van der Waals surface area contributed by atoms with Gasteiger partial charge >= 0.3 is 0 Å². The molecule has 1 saturated heterocycles. The summed E-state index contributed by atoms with van der Waals surface area (Å²) in [6.45, 7) is 5.08. The number of nitrogens with zero attached hydrogens (tertiary/aromatic N) is 2. The van der Waals surface area contributed by atoms with Gasteiger partial charge in [-0.3, -0.25) is 0 Å². The maximum Gasteiger partial charge on any atom is 0.140 e. The van der Waals surface area contributed by atoms with Gasteiger partial charge in [0.2, 0.25) is 0 Å². The first-order valence-corrected chi connectivity index (χ1v) is 5.85. The summed E-state index contributed by atoms with van der Waals surface area (Å²) < 4.78 is 8.07. The quantitative estimate of drug-likeness (QED) is 0.756. The van der Waals surface area contributed by atoms with Crippen LogP contribution in [-0.2, 0) is 16.9 Å². The largest absolute Gasteiger partial charge is 0.356 e. The highest BCUT2D eigenvalue weighted by Gasteiger charge is 2.64. The Kier molecular flexibility index (Phi) is 2.13. The summed E-state index contributed by atoms with van der Waals surface area (Å²) in [6.07, 6.45) is 5.61. The standard InChI is InChI=1S/C14H16N2O/c1-13(2)14(17-13,10-16-9-8-15-11-16)12-6-4-3-5-7-12/h3-9,11H,10H2,1-2H3. The Hall–Kier alpha value is -1.61. The van der Waals surface area contributed by atoms with Crippen molar-refractivity contribution in [1.29, 1.82) is 0 Å². The maximum atomic E-state index is 6.00. The average Bonchev–Trinajstić information content (AvgIpc) is 2.68. The molecular formula is C14H16N2O. The Morgan fingerprint density at radius 3 is 2.47 bits per heavy atom. The van der Waals surface area contributed by atoms with Gasteiger partial charge in [-0.25, -0.2) is 4.98 Å². The van der Waals surface area contributed by atoms with Crippen molar-refractivity contribution in [3.63, 3.8) is 0 Å². The van der Waals surface area contributed by atoms with Crippen LogP contribution in [0.1, 0.15) is 19.4 Å². The van der Waals surface area contributed by atoms with Gasteiger partial charge < -0.3 is 9.30 Å². The van der Waals surface area contributed by atoms with E-state index in [4.69, 9.17) is 4.74 Å². The Labute approximate surface area is 101 Å². The molecule has 1 fully saturated rings. The predicted octanol–water partition coefficient (Wildman–Crippen LogP) is 2.59. The zero-order chi connectivity index (χ0) is 11.9. The van der Waals surface area contributed by atoms with E-state index >= 15 is 0 Å². The molecule has 0 radical (unpaired) electrons. The van der Waals surface area contributed by atoms with Crippen molar-refractivity contribution in [2.24, 2.45) is 0 Å². The van der Waals surface area contributed by atoms with Crippen LogP contribution in [0.4, 0.5) is 0 Å². The van der Waals surface area contributed by atoms with Gasteiger partial charge in [0.15, 0.2) is 0 Å². The molecule has 2 aromatic rings. The molecule has 2 heterocycles. The van der Waals surface area contributed by atoms with Gasteiger partial charge in [0.05, 0.1) is 18.5 Å². The molecule has 0 aliphatic carbocycles. The average molecular weight is 228 g/mol. The van der Waals surface area contributed by atoms with Gasteiger partial charge in [0.1, 0.15) is 5.60 Å². The Balaban J connectivity index is 1.96. The van der Waals surface area contributed by atoms with Crippen molar-refractivity contribution in [2.75, 3.05) is 0 Å². The summed E-state index contributed by atoms with van der Waals surface area (Å²) in [7, 11) is 0. The van der Waals surface area contributed by atoms with Crippen LogP contribution < -0.4 is 0 Å². The summed E-state index contributed by atoms with van der Waals surface area (Å²) in [5.74, 6) is 0. The summed E-state index contributed by atoms with van der Waals surface area (Å²) in [6, 6.07) is 10.4. The molecule has 1 aliphatic rings. The molecule has 0 N–H and O–H groups in total. The van der Waals surface area contributed by atoms with Crippen LogP contribution in [0.5, 0.6) is 0 Å². The fourth-order valence-corrected chi connectivity index (χ4v) is 2.48. The monoisotopic (exact) mass is 228 g/mol. The van der Waals surface area contributed by atoms with Crippen molar-refractivity contribution in [3.8, 4) is 0 Å². The van der Waals surface area contributed by atoms with E-state index in [0.717, 1.165) is 6.54 Å². The highest BCUT2D eigenvalue weighted by atomic mass is 16.6. The Morgan fingerprint density at radius 2 is 1.94 bits per heavy atom. The fourth-order valence-electron chi connectivity index (χ4n) is 2.48. The number of imidazole rings is 1. The molecule has 1 unspecified atom stereocenters. The zero-order valence-corrected chi connectivity index (χ0v) is 10.1. The third-order valence-corrected chi connectivity index (χ3v) is 3.56. The molecule has 0 saturated carbocycles. The zero-order valence-electron chi connectivity index (χ0n) is 10.1. The van der Waals surface area contributed by atoms with Gasteiger partial charge in [0.25, 0.3) is 0 Å². The first-order chi connectivity index (χ1) is 8.14. The van der Waals surface area contributed by atoms with Crippen LogP contribution in [-0.4, -0.2) is 15.2 Å². The SMILES string of the molecule is CC1(C)OC1(Cn1ccnc1)c1ccccc1. The van der Waals surface area contributed by atoms with Crippen LogP contribution >= 0.6 is 0 Å². The number of ether oxygens (including phenoxy) is 1. The van der Waals surface area contributed by atoms with Crippen LogP contribution in [0.3, 0.4) is 0 Å². The Bertz CT molecular complexity index is 504. The molecule has 0 amide bonds. The van der Waals surface area contributed by atoms with Gasteiger partial charge in [-0.05, 0) is 19.4 Å². The van der Waals surface area contributed by atoms with E-state index < -0.39 is 0 Å². The van der Waals surface area contributed by atoms with E-state index in [1.807, 2.05) is 18.6 Å². The lowest BCUT2D eigenvalue weighted by molar-refractivity contribution is 0.257. The van der Waals surface area contributed by atoms with E-state index in [2.05, 4.69) is 47.7 Å². The summed E-state index contributed by atoms with van der Waals surface area (Å²) >= 11 is 0. The molecule has 3 heteroatoms. The van der Waals surface area contributed by atoms with Crippen molar-refractivity contribution in [1.82, 2.24) is 9.55 Å². The van der Waals surface area contributed by atoms with Crippen LogP contribution in [0.15, 0.2) is 49.1 Å². The van der Waals surface area contributed by atoms with Crippen LogP contribution in [0.25, 0.3) is 0 Å². The lowest BCUT2D eigenvalue weighted by Crippen LogP contribution is -2.24. The highest BCUT2D eigenvalue weighted by Crippen LogP contribution is 2.56. The van der Waals surface area contributed by atoms with E-state index in [1.165, 1.54) is 5.56 Å². The number of hydrogen-bond donors (Lipinski definition) is 0. The highest BCUT2D eigenvalue weighted by molar-refractivity contribution is 5.32. The molecular weight excluding hydrogens is 212 g/mol. The molecule has 88 valence electrons. The van der Waals surface area contributed by atoms with Gasteiger partial charge in [-0.2, -0.15) is 0 Å². The van der Waals surface area contributed by atoms with Crippen LogP contribution in [0.2, 0.25) is 0 Å². The topological polar surface area (TPSA) is 30.4 Å². The minimum atomic E-state index is -0.213. The number of epoxide rings is 1. The number of rotatable bonds is 3. The summed E-state index contributed by atoms with van der Waals surface area (Å²) in [4.78, 5) is 4.08. The van der Waals surface area contributed by atoms with Crippen molar-refractivity contribution in [3.05, 3.63) is 54.6 Å². The van der Waals surface area contributed by atoms with E-state index in [-0.39, 0.29) is 11.2 Å². The van der Waals surface area contributed by atoms with E-state index in [0.29, 0.717) is 0 Å². The second-order valence-electron chi connectivity index (χ2n) is 5.04. The number of hydrogen-bond acceptors (Lipinski definition) is 2. The fraction of sp³-hybridized carbons (Fsp3) is 0.357. The molecule has 1 atom stereocenters. The normalized spacial score (nSPS) is 25.8. The third-order valence-electron chi connectivity index (χ3n) is 3.56. The van der Waals surface area contributed by atoms with E-state index in [1.54, 1.807) is 6.20 Å². The third kappa shape index (κ3) is 1.58. The van der Waals surface area contributed by atoms with Crippen molar-refractivity contribution >= 4 is 0 Å². The molecule has 1 aromatic carbocycles. The summed E-state index contributed by atoms with van der Waals surface area (Å²) in [5, 5.41) is 0. The van der Waals surface area contributed by atoms with Crippen molar-refractivity contribution in [2.45, 2.75) is 31.6 Å². The lowest BCUT2D eigenvalue weighted by atomic mass is 9.88. The van der Waals surface area contributed by atoms with E-state index in [9.17, 15) is 0 Å². The Morgan fingerprint density at radius 1 is 1.24 bits per heavy atom. The minimum Gasteiger partial charge on any atom is -0.356 e. The summed E-state index contributed by atoms with van der Waals surface area (Å²) in [5.41, 5.74) is 0.909. The molecule has 0 spiro atoms. The minimum absolute atomic E-state index is 0.112. The first kappa shape index (κ1) is 10.5. The molecule has 17 heavy (non-hydrogen) atoms.